The molecule has 0 heterocycles. The van der Waals surface area contributed by atoms with E-state index in [1.165, 1.54) is 10.5 Å². The molecule has 0 aliphatic rings. The molecule has 2 nitrogen and oxygen atoms in total. The summed E-state index contributed by atoms with van der Waals surface area (Å²) in [6, 6.07) is 8.38. The van der Waals surface area contributed by atoms with E-state index in [9.17, 15) is 5.11 Å². The summed E-state index contributed by atoms with van der Waals surface area (Å²) in [7, 11) is 0. The number of aliphatic hydroxyl groups is 1. The van der Waals surface area contributed by atoms with Crippen LogP contribution in [-0.2, 0) is 0 Å². The third-order valence-electron chi connectivity index (χ3n) is 2.79. The Morgan fingerprint density at radius 3 is 2.65 bits per heavy atom. The first-order valence-corrected chi connectivity index (χ1v) is 7.14. The van der Waals surface area contributed by atoms with Gasteiger partial charge in [0.25, 0.3) is 0 Å². The van der Waals surface area contributed by atoms with Crippen LogP contribution in [-0.4, -0.2) is 29.5 Å². The first-order valence-electron chi connectivity index (χ1n) is 6.15. The fraction of sp³-hybridized carbons (Fsp3) is 0.571. The normalized spacial score (nSPS) is 14.6. The van der Waals surface area contributed by atoms with E-state index in [4.69, 9.17) is 0 Å². The largest absolute Gasteiger partial charge is 0.394 e. The van der Waals surface area contributed by atoms with Gasteiger partial charge in [0.15, 0.2) is 0 Å². The van der Waals surface area contributed by atoms with Crippen LogP contribution in [0.2, 0.25) is 0 Å². The quantitative estimate of drug-likeness (QED) is 0.733. The lowest BCUT2D eigenvalue weighted by Crippen LogP contribution is -2.48. The van der Waals surface area contributed by atoms with E-state index in [0.29, 0.717) is 0 Å². The third-order valence-corrected chi connectivity index (χ3v) is 4.34. The molecule has 0 aliphatic carbocycles. The zero-order valence-electron chi connectivity index (χ0n) is 11.0. The van der Waals surface area contributed by atoms with Crippen molar-refractivity contribution in [1.82, 2.24) is 5.32 Å². The number of thioether (sulfide) groups is 1. The molecule has 1 unspecified atom stereocenters. The molecule has 0 aliphatic heterocycles. The Bertz CT molecular complexity index is 343. The van der Waals surface area contributed by atoms with E-state index in [0.717, 1.165) is 18.7 Å². The molecular formula is C14H23NOS. The zero-order chi connectivity index (χ0) is 12.7. The van der Waals surface area contributed by atoms with Crippen LogP contribution >= 0.6 is 11.8 Å². The van der Waals surface area contributed by atoms with E-state index in [-0.39, 0.29) is 12.1 Å². The molecule has 2 N–H and O–H groups in total. The summed E-state index contributed by atoms with van der Waals surface area (Å²) >= 11 is 1.81. The third kappa shape index (κ3) is 4.70. The number of nitrogens with one attached hydrogen (secondary N) is 1. The summed E-state index contributed by atoms with van der Waals surface area (Å²) < 4.78 is 0. The number of aliphatic hydroxyl groups excluding tert-OH is 1. The smallest absolute Gasteiger partial charge is 0.0618 e. The van der Waals surface area contributed by atoms with Crippen LogP contribution in [0.15, 0.2) is 29.2 Å². The number of aryl methyl sites for hydroxylation is 1. The van der Waals surface area contributed by atoms with Crippen LogP contribution in [0.1, 0.15) is 25.8 Å². The topological polar surface area (TPSA) is 32.3 Å². The van der Waals surface area contributed by atoms with Crippen molar-refractivity contribution >= 4 is 11.8 Å². The van der Waals surface area contributed by atoms with Crippen LogP contribution in [0.3, 0.4) is 0 Å². The van der Waals surface area contributed by atoms with Crippen LogP contribution < -0.4 is 5.32 Å². The van der Waals surface area contributed by atoms with Crippen LogP contribution in [0.25, 0.3) is 0 Å². The van der Waals surface area contributed by atoms with Crippen LogP contribution in [0.4, 0.5) is 0 Å². The summed E-state index contributed by atoms with van der Waals surface area (Å²) in [6.07, 6.45) is 1.09. The molecule has 0 radical (unpaired) electrons. The minimum Gasteiger partial charge on any atom is -0.394 e. The van der Waals surface area contributed by atoms with Crippen molar-refractivity contribution in [2.75, 3.05) is 18.9 Å². The summed E-state index contributed by atoms with van der Waals surface area (Å²) in [5.41, 5.74) is 1.11. The Morgan fingerprint density at radius 1 is 1.35 bits per heavy atom. The van der Waals surface area contributed by atoms with E-state index in [1.807, 2.05) is 0 Å². The van der Waals surface area contributed by atoms with E-state index >= 15 is 0 Å². The number of hydrogen-bond donors (Lipinski definition) is 2. The Hall–Kier alpha value is -0.510. The van der Waals surface area contributed by atoms with Gasteiger partial charge in [-0.1, -0.05) is 25.1 Å². The Kier molecular flexibility index (Phi) is 6.03. The Labute approximate surface area is 109 Å². The van der Waals surface area contributed by atoms with Crippen molar-refractivity contribution in [3.63, 3.8) is 0 Å². The van der Waals surface area contributed by atoms with Crippen molar-refractivity contribution in [3.8, 4) is 0 Å². The highest BCUT2D eigenvalue weighted by Gasteiger charge is 2.22. The average Bonchev–Trinajstić information content (AvgIpc) is 2.35. The Balaban J connectivity index is 2.55. The molecule has 0 saturated heterocycles. The first-order chi connectivity index (χ1) is 8.11. The van der Waals surface area contributed by atoms with Gasteiger partial charge >= 0.3 is 0 Å². The van der Waals surface area contributed by atoms with E-state index in [2.05, 4.69) is 50.4 Å². The maximum Gasteiger partial charge on any atom is 0.0618 e. The molecule has 3 heteroatoms. The molecule has 1 aromatic carbocycles. The molecule has 1 aromatic rings. The van der Waals surface area contributed by atoms with Crippen molar-refractivity contribution in [3.05, 3.63) is 29.8 Å². The van der Waals surface area contributed by atoms with Crippen LogP contribution in [0.5, 0.6) is 0 Å². The molecule has 96 valence electrons. The molecule has 0 aromatic heterocycles. The van der Waals surface area contributed by atoms with Crippen molar-refractivity contribution < 1.29 is 5.11 Å². The fourth-order valence-corrected chi connectivity index (χ4v) is 2.67. The highest BCUT2D eigenvalue weighted by Crippen LogP contribution is 2.25. The molecule has 17 heavy (non-hydrogen) atoms. The standard InChI is InChI=1S/C14H23NOS/c1-4-9-15-14(3,10-16)11-17-13-8-6-5-7-12(13)2/h5-8,15-16H,4,9-11H2,1-3H3. The van der Waals surface area contributed by atoms with E-state index < -0.39 is 0 Å². The lowest BCUT2D eigenvalue weighted by atomic mass is 10.1. The molecule has 1 atom stereocenters. The van der Waals surface area contributed by atoms with Crippen molar-refractivity contribution in [2.45, 2.75) is 37.6 Å². The van der Waals surface area contributed by atoms with Crippen molar-refractivity contribution in [2.24, 2.45) is 0 Å². The van der Waals surface area contributed by atoms with Gasteiger partial charge < -0.3 is 10.4 Å². The maximum atomic E-state index is 9.48. The summed E-state index contributed by atoms with van der Waals surface area (Å²) in [5, 5.41) is 12.9. The Morgan fingerprint density at radius 2 is 2.06 bits per heavy atom. The summed E-state index contributed by atoms with van der Waals surface area (Å²) in [6.45, 7) is 7.46. The van der Waals surface area contributed by atoms with Crippen molar-refractivity contribution in [1.29, 1.82) is 0 Å². The number of hydrogen-bond acceptors (Lipinski definition) is 3. The maximum absolute atomic E-state index is 9.48. The molecule has 0 fully saturated rings. The lowest BCUT2D eigenvalue weighted by molar-refractivity contribution is 0.192. The zero-order valence-corrected chi connectivity index (χ0v) is 11.8. The predicted molar refractivity (Wildman–Crippen MR) is 75.7 cm³/mol. The summed E-state index contributed by atoms with van der Waals surface area (Å²) in [4.78, 5) is 1.30. The minimum absolute atomic E-state index is 0.173. The van der Waals surface area contributed by atoms with Crippen LogP contribution in [0, 0.1) is 6.92 Å². The van der Waals surface area contributed by atoms with Gasteiger partial charge in [0, 0.05) is 16.2 Å². The molecule has 0 bridgehead atoms. The second kappa shape index (κ2) is 7.04. The van der Waals surface area contributed by atoms with Gasteiger partial charge in [0.1, 0.15) is 0 Å². The minimum atomic E-state index is -0.192. The lowest BCUT2D eigenvalue weighted by Gasteiger charge is -2.28. The molecule has 1 rings (SSSR count). The first kappa shape index (κ1) is 14.6. The number of rotatable bonds is 7. The molecule has 0 spiro atoms. The van der Waals surface area contributed by atoms with Gasteiger partial charge in [-0.05, 0) is 38.4 Å². The van der Waals surface area contributed by atoms with Gasteiger partial charge in [-0.3, -0.25) is 0 Å². The summed E-state index contributed by atoms with van der Waals surface area (Å²) in [5.74, 6) is 0.883. The molecular weight excluding hydrogens is 230 g/mol. The molecule has 0 saturated carbocycles. The van der Waals surface area contributed by atoms with Gasteiger partial charge in [0.05, 0.1) is 6.61 Å². The van der Waals surface area contributed by atoms with E-state index in [1.54, 1.807) is 11.8 Å². The number of benzene rings is 1. The second-order valence-electron chi connectivity index (χ2n) is 4.70. The molecule has 0 amide bonds. The monoisotopic (exact) mass is 253 g/mol. The average molecular weight is 253 g/mol. The van der Waals surface area contributed by atoms with Gasteiger partial charge in [-0.25, -0.2) is 0 Å². The van der Waals surface area contributed by atoms with Gasteiger partial charge in [-0.2, -0.15) is 0 Å². The highest BCUT2D eigenvalue weighted by atomic mass is 32.2. The highest BCUT2D eigenvalue weighted by molar-refractivity contribution is 7.99. The van der Waals surface area contributed by atoms with Gasteiger partial charge in [-0.15, -0.1) is 11.8 Å². The second-order valence-corrected chi connectivity index (χ2v) is 5.72. The van der Waals surface area contributed by atoms with Gasteiger partial charge in [0.2, 0.25) is 0 Å². The SMILES string of the molecule is CCCNC(C)(CO)CSc1ccccc1C. The predicted octanol–water partition coefficient (Wildman–Crippen LogP) is 2.84. The fourth-order valence-electron chi connectivity index (χ4n) is 1.53.